The lowest BCUT2D eigenvalue weighted by atomic mass is 10.2. The SMILES string of the molecule is C=Cc1ccc([SiH2]O[Si](C)(C)C)cc1. The van der Waals surface area contributed by atoms with Crippen molar-refractivity contribution in [2.24, 2.45) is 0 Å². The van der Waals surface area contributed by atoms with E-state index < -0.39 is 18.1 Å². The summed E-state index contributed by atoms with van der Waals surface area (Å²) in [5.74, 6) is 0. The summed E-state index contributed by atoms with van der Waals surface area (Å²) >= 11 is 0. The lowest BCUT2D eigenvalue weighted by molar-refractivity contribution is 0.608. The molecule has 0 spiro atoms. The van der Waals surface area contributed by atoms with Crippen LogP contribution in [0.5, 0.6) is 0 Å². The maximum Gasteiger partial charge on any atom is 0.178 e. The molecule has 0 radical (unpaired) electrons. The molecule has 1 aromatic rings. The zero-order valence-corrected chi connectivity index (χ0v) is 11.6. The van der Waals surface area contributed by atoms with Crippen LogP contribution < -0.4 is 5.19 Å². The lowest BCUT2D eigenvalue weighted by Gasteiger charge is -2.17. The van der Waals surface area contributed by atoms with Gasteiger partial charge in [0.1, 0.15) is 0 Å². The second-order valence-corrected chi connectivity index (χ2v) is 10.8. The molecule has 0 atom stereocenters. The summed E-state index contributed by atoms with van der Waals surface area (Å²) in [6, 6.07) is 8.51. The predicted molar refractivity (Wildman–Crippen MR) is 69.1 cm³/mol. The van der Waals surface area contributed by atoms with E-state index in [9.17, 15) is 0 Å². The maximum atomic E-state index is 5.94. The Morgan fingerprint density at radius 2 is 1.79 bits per heavy atom. The molecule has 3 heteroatoms. The van der Waals surface area contributed by atoms with Gasteiger partial charge in [0.15, 0.2) is 18.1 Å². The van der Waals surface area contributed by atoms with Gasteiger partial charge in [-0.25, -0.2) is 0 Å². The van der Waals surface area contributed by atoms with E-state index in [-0.39, 0.29) is 0 Å². The van der Waals surface area contributed by atoms with E-state index in [1.807, 2.05) is 6.08 Å². The van der Waals surface area contributed by atoms with Gasteiger partial charge < -0.3 is 4.12 Å². The first-order chi connectivity index (χ1) is 6.51. The highest BCUT2D eigenvalue weighted by molar-refractivity contribution is 6.75. The van der Waals surface area contributed by atoms with Crippen LogP contribution in [0.25, 0.3) is 6.08 Å². The monoisotopic (exact) mass is 222 g/mol. The van der Waals surface area contributed by atoms with E-state index in [0.29, 0.717) is 0 Å². The number of hydrogen-bond acceptors (Lipinski definition) is 1. The molecule has 0 aliphatic rings. The van der Waals surface area contributed by atoms with Gasteiger partial charge in [0, 0.05) is 0 Å². The Bertz CT molecular complexity index is 298. The number of rotatable bonds is 4. The summed E-state index contributed by atoms with van der Waals surface area (Å²) in [6.45, 7) is 10.4. The summed E-state index contributed by atoms with van der Waals surface area (Å²) in [5, 5.41) is 1.37. The fourth-order valence-electron chi connectivity index (χ4n) is 1.05. The molecule has 76 valence electrons. The topological polar surface area (TPSA) is 9.23 Å². The van der Waals surface area contributed by atoms with Crippen LogP contribution in [0, 0.1) is 0 Å². The van der Waals surface area contributed by atoms with Gasteiger partial charge in [-0.3, -0.25) is 0 Å². The third-order valence-electron chi connectivity index (χ3n) is 1.89. The van der Waals surface area contributed by atoms with Gasteiger partial charge in [0.05, 0.1) is 0 Å². The van der Waals surface area contributed by atoms with Gasteiger partial charge in [-0.15, -0.1) is 0 Å². The lowest BCUT2D eigenvalue weighted by Crippen LogP contribution is -2.32. The smallest absolute Gasteiger partial charge is 0.178 e. The van der Waals surface area contributed by atoms with E-state index in [4.69, 9.17) is 4.12 Å². The van der Waals surface area contributed by atoms with Crippen LogP contribution in [-0.4, -0.2) is 18.1 Å². The summed E-state index contributed by atoms with van der Waals surface area (Å²) in [4.78, 5) is 0. The van der Waals surface area contributed by atoms with Gasteiger partial charge in [0.25, 0.3) is 0 Å². The fraction of sp³-hybridized carbons (Fsp3) is 0.273. The summed E-state index contributed by atoms with van der Waals surface area (Å²) < 4.78 is 5.94. The van der Waals surface area contributed by atoms with Gasteiger partial charge in [0.2, 0.25) is 0 Å². The zero-order chi connectivity index (χ0) is 10.6. The molecule has 0 saturated heterocycles. The van der Waals surface area contributed by atoms with Gasteiger partial charge in [-0.1, -0.05) is 36.9 Å². The van der Waals surface area contributed by atoms with Crippen molar-refractivity contribution < 1.29 is 4.12 Å². The molecule has 1 nitrogen and oxygen atoms in total. The van der Waals surface area contributed by atoms with Crippen molar-refractivity contribution in [1.82, 2.24) is 0 Å². The maximum absolute atomic E-state index is 5.94. The minimum atomic E-state index is -1.32. The largest absolute Gasteiger partial charge is 0.457 e. The van der Waals surface area contributed by atoms with Crippen molar-refractivity contribution >= 4 is 29.3 Å². The molecule has 0 heterocycles. The second kappa shape index (κ2) is 4.73. The van der Waals surface area contributed by atoms with Gasteiger partial charge in [-0.05, 0) is 30.4 Å². The van der Waals surface area contributed by atoms with E-state index in [2.05, 4.69) is 50.5 Å². The Morgan fingerprint density at radius 1 is 1.21 bits per heavy atom. The predicted octanol–water partition coefficient (Wildman–Crippen LogP) is 1.89. The van der Waals surface area contributed by atoms with Crippen molar-refractivity contribution in [2.45, 2.75) is 19.6 Å². The first-order valence-corrected chi connectivity index (χ1v) is 9.56. The van der Waals surface area contributed by atoms with Crippen molar-refractivity contribution in [2.75, 3.05) is 0 Å². The normalized spacial score (nSPS) is 12.2. The van der Waals surface area contributed by atoms with Crippen LogP contribution in [0.1, 0.15) is 5.56 Å². The van der Waals surface area contributed by atoms with Crippen LogP contribution in [0.4, 0.5) is 0 Å². The van der Waals surface area contributed by atoms with Crippen LogP contribution in [0.3, 0.4) is 0 Å². The Morgan fingerprint density at radius 3 is 2.21 bits per heavy atom. The van der Waals surface area contributed by atoms with E-state index in [0.717, 1.165) is 0 Å². The number of hydrogen-bond donors (Lipinski definition) is 0. The molecule has 0 bridgehead atoms. The Hall–Kier alpha value is -0.646. The minimum absolute atomic E-state index is 0.512. The van der Waals surface area contributed by atoms with E-state index in [1.165, 1.54) is 10.8 Å². The average molecular weight is 222 g/mol. The average Bonchev–Trinajstić information content (AvgIpc) is 2.14. The molecule has 0 saturated carbocycles. The van der Waals surface area contributed by atoms with Crippen LogP contribution >= 0.6 is 0 Å². The third kappa shape index (κ3) is 4.04. The number of benzene rings is 1. The molecular formula is C11H18OSi2. The molecule has 0 aliphatic heterocycles. The van der Waals surface area contributed by atoms with Crippen molar-refractivity contribution in [3.05, 3.63) is 36.4 Å². The summed E-state index contributed by atoms with van der Waals surface area (Å²) in [7, 11) is -1.83. The van der Waals surface area contributed by atoms with Crippen LogP contribution in [0.2, 0.25) is 19.6 Å². The molecular weight excluding hydrogens is 204 g/mol. The molecule has 0 unspecified atom stereocenters. The Balaban J connectivity index is 2.56. The fourth-order valence-corrected chi connectivity index (χ4v) is 3.88. The molecule has 1 rings (SSSR count). The highest BCUT2D eigenvalue weighted by atomic mass is 28.4. The van der Waals surface area contributed by atoms with E-state index in [1.54, 1.807) is 0 Å². The zero-order valence-electron chi connectivity index (χ0n) is 9.21. The first kappa shape index (κ1) is 11.4. The molecule has 0 aliphatic carbocycles. The summed E-state index contributed by atoms with van der Waals surface area (Å²) in [5.41, 5.74) is 1.18. The van der Waals surface area contributed by atoms with Gasteiger partial charge in [-0.2, -0.15) is 0 Å². The first-order valence-electron chi connectivity index (χ1n) is 4.86. The molecule has 0 N–H and O–H groups in total. The Labute approximate surface area is 89.9 Å². The van der Waals surface area contributed by atoms with Crippen LogP contribution in [-0.2, 0) is 4.12 Å². The highest BCUT2D eigenvalue weighted by Crippen LogP contribution is 2.02. The quantitative estimate of drug-likeness (QED) is 0.707. The van der Waals surface area contributed by atoms with Crippen molar-refractivity contribution in [1.29, 1.82) is 0 Å². The molecule has 0 aromatic heterocycles. The van der Waals surface area contributed by atoms with Crippen molar-refractivity contribution in [3.63, 3.8) is 0 Å². The molecule has 1 aromatic carbocycles. The molecule has 14 heavy (non-hydrogen) atoms. The van der Waals surface area contributed by atoms with E-state index >= 15 is 0 Å². The van der Waals surface area contributed by atoms with Crippen LogP contribution in [0.15, 0.2) is 30.8 Å². The summed E-state index contributed by atoms with van der Waals surface area (Å²) in [6.07, 6.45) is 1.87. The minimum Gasteiger partial charge on any atom is -0.457 e. The molecule has 0 amide bonds. The van der Waals surface area contributed by atoms with Crippen molar-refractivity contribution in [3.8, 4) is 0 Å². The standard InChI is InChI=1S/C11H18OSi2/c1-5-10-6-8-11(9-7-10)13-12-14(2,3)4/h5-9H,1,13H2,2-4H3. The third-order valence-corrected chi connectivity index (χ3v) is 6.73. The molecule has 0 fully saturated rings. The highest BCUT2D eigenvalue weighted by Gasteiger charge is 2.13. The van der Waals surface area contributed by atoms with Gasteiger partial charge >= 0.3 is 0 Å². The second-order valence-electron chi connectivity index (χ2n) is 4.35. The Kier molecular flexibility index (Phi) is 3.86.